The monoisotopic (exact) mass is 416 g/mol. The fourth-order valence-corrected chi connectivity index (χ4v) is 3.86. The van der Waals surface area contributed by atoms with Crippen molar-refractivity contribution in [2.45, 2.75) is 32.7 Å². The molecule has 1 N–H and O–H groups in total. The molecule has 0 radical (unpaired) electrons. The minimum absolute atomic E-state index is 0.0757. The summed E-state index contributed by atoms with van der Waals surface area (Å²) in [5.74, 6) is 0.661. The Morgan fingerprint density at radius 3 is 2.46 bits per heavy atom. The molecule has 2 aromatic rings. The van der Waals surface area contributed by atoms with Crippen molar-refractivity contribution in [1.29, 1.82) is 0 Å². The van der Waals surface area contributed by atoms with E-state index < -0.39 is 0 Å². The highest BCUT2D eigenvalue weighted by Gasteiger charge is 2.16. The Labute approximate surface area is 177 Å². The highest BCUT2D eigenvalue weighted by atomic mass is 35.5. The van der Waals surface area contributed by atoms with Crippen molar-refractivity contribution in [3.8, 4) is 0 Å². The second-order valence-electron chi connectivity index (χ2n) is 7.49. The summed E-state index contributed by atoms with van der Waals surface area (Å²) in [6.45, 7) is 6.54. The van der Waals surface area contributed by atoms with Gasteiger partial charge in [0, 0.05) is 34.9 Å². The van der Waals surface area contributed by atoms with Crippen LogP contribution in [0.4, 0.5) is 5.69 Å². The molecule has 1 unspecified atom stereocenters. The molecule has 1 aliphatic heterocycles. The first-order chi connectivity index (χ1) is 13.4. The van der Waals surface area contributed by atoms with Crippen molar-refractivity contribution in [2.24, 2.45) is 5.92 Å². The molecule has 2 aromatic carbocycles. The molecule has 148 valence electrons. The Kier molecular flexibility index (Phi) is 7.03. The number of hydrogen-bond donors (Lipinski definition) is 1. The highest BCUT2D eigenvalue weighted by molar-refractivity contribution is 6.35. The van der Waals surface area contributed by atoms with Crippen molar-refractivity contribution in [3.63, 3.8) is 0 Å². The maximum Gasteiger partial charge on any atom is 0.244 e. The molecule has 1 heterocycles. The third-order valence-electron chi connectivity index (χ3n) is 5.28. The van der Waals surface area contributed by atoms with Crippen LogP contribution >= 0.6 is 23.2 Å². The maximum atomic E-state index is 12.2. The van der Waals surface area contributed by atoms with Gasteiger partial charge in [-0.3, -0.25) is 4.79 Å². The standard InChI is InChI=1S/C23H26Cl2N2O/c1-16-11-13-27(14-12-16)21-8-4-18(5-9-21)17(2)26-23(28)10-6-19-3-7-20(24)15-22(19)25/h3-10,15-17H,11-14H2,1-2H3,(H,26,28)/b10-6+. The zero-order valence-corrected chi connectivity index (χ0v) is 17.8. The minimum atomic E-state index is -0.160. The van der Waals surface area contributed by atoms with Crippen molar-refractivity contribution >= 4 is 40.9 Å². The number of nitrogens with one attached hydrogen (secondary N) is 1. The van der Waals surface area contributed by atoms with Crippen molar-refractivity contribution < 1.29 is 4.79 Å². The molecule has 5 heteroatoms. The summed E-state index contributed by atoms with van der Waals surface area (Å²) in [5, 5.41) is 4.09. The van der Waals surface area contributed by atoms with Crippen molar-refractivity contribution in [3.05, 3.63) is 69.7 Å². The van der Waals surface area contributed by atoms with Gasteiger partial charge < -0.3 is 10.2 Å². The lowest BCUT2D eigenvalue weighted by Crippen LogP contribution is -2.32. The summed E-state index contributed by atoms with van der Waals surface area (Å²) in [7, 11) is 0. The first-order valence-corrected chi connectivity index (χ1v) is 10.5. The van der Waals surface area contributed by atoms with E-state index in [0.717, 1.165) is 30.1 Å². The molecule has 0 aliphatic carbocycles. The number of carbonyl (C=O) groups excluding carboxylic acids is 1. The Morgan fingerprint density at radius 2 is 1.82 bits per heavy atom. The molecule has 0 spiro atoms. The van der Waals surface area contributed by atoms with Crippen LogP contribution in [0.3, 0.4) is 0 Å². The fourth-order valence-electron chi connectivity index (χ4n) is 3.39. The zero-order chi connectivity index (χ0) is 20.1. The number of anilines is 1. The molecule has 28 heavy (non-hydrogen) atoms. The van der Waals surface area contributed by atoms with E-state index in [2.05, 4.69) is 41.4 Å². The number of rotatable bonds is 5. The third-order valence-corrected chi connectivity index (χ3v) is 5.84. The lowest BCUT2D eigenvalue weighted by Gasteiger charge is -2.32. The molecule has 0 bridgehead atoms. The second-order valence-corrected chi connectivity index (χ2v) is 8.33. The number of benzene rings is 2. The summed E-state index contributed by atoms with van der Waals surface area (Å²) in [6, 6.07) is 13.6. The summed E-state index contributed by atoms with van der Waals surface area (Å²) in [4.78, 5) is 14.7. The lowest BCUT2D eigenvalue weighted by molar-refractivity contribution is -0.117. The molecule has 3 nitrogen and oxygen atoms in total. The van der Waals surface area contributed by atoms with Crippen LogP contribution in [0.15, 0.2) is 48.5 Å². The van der Waals surface area contributed by atoms with Crippen LogP contribution in [-0.4, -0.2) is 19.0 Å². The van der Waals surface area contributed by atoms with E-state index in [9.17, 15) is 4.79 Å². The Hall–Kier alpha value is -1.97. The van der Waals surface area contributed by atoms with E-state index in [1.165, 1.54) is 24.6 Å². The molecule has 1 atom stereocenters. The summed E-state index contributed by atoms with van der Waals surface area (Å²) in [6.07, 6.45) is 5.69. The number of hydrogen-bond acceptors (Lipinski definition) is 2. The van der Waals surface area contributed by atoms with E-state index >= 15 is 0 Å². The van der Waals surface area contributed by atoms with Gasteiger partial charge in [0.05, 0.1) is 6.04 Å². The van der Waals surface area contributed by atoms with Crippen LogP contribution < -0.4 is 10.2 Å². The summed E-state index contributed by atoms with van der Waals surface area (Å²) >= 11 is 12.0. The lowest BCUT2D eigenvalue weighted by atomic mass is 9.98. The van der Waals surface area contributed by atoms with E-state index in [1.54, 1.807) is 24.3 Å². The molecule has 3 rings (SSSR count). The quantitative estimate of drug-likeness (QED) is 0.595. The van der Waals surface area contributed by atoms with Crippen LogP contribution in [0.2, 0.25) is 10.0 Å². The van der Waals surface area contributed by atoms with Gasteiger partial charge in [0.1, 0.15) is 0 Å². The van der Waals surface area contributed by atoms with Crippen LogP contribution in [0.25, 0.3) is 6.08 Å². The number of halogens is 2. The average Bonchev–Trinajstić information content (AvgIpc) is 2.68. The van der Waals surface area contributed by atoms with Crippen LogP contribution in [0.1, 0.15) is 43.9 Å². The number of amides is 1. The number of carbonyl (C=O) groups is 1. The first-order valence-electron chi connectivity index (χ1n) is 9.71. The predicted octanol–water partition coefficient (Wildman–Crippen LogP) is 6.12. The molecule has 1 amide bonds. The van der Waals surface area contributed by atoms with Gasteiger partial charge in [-0.25, -0.2) is 0 Å². The second kappa shape index (κ2) is 9.49. The molecule has 0 saturated carbocycles. The summed E-state index contributed by atoms with van der Waals surface area (Å²) < 4.78 is 0. The predicted molar refractivity (Wildman–Crippen MR) is 119 cm³/mol. The number of nitrogens with zero attached hydrogens (tertiary/aromatic N) is 1. The van der Waals surface area contributed by atoms with Gasteiger partial charge in [-0.2, -0.15) is 0 Å². The average molecular weight is 417 g/mol. The van der Waals surface area contributed by atoms with E-state index in [0.29, 0.717) is 10.0 Å². The topological polar surface area (TPSA) is 32.3 Å². The van der Waals surface area contributed by atoms with Gasteiger partial charge >= 0.3 is 0 Å². The Balaban J connectivity index is 1.57. The largest absolute Gasteiger partial charge is 0.372 e. The molecular weight excluding hydrogens is 391 g/mol. The van der Waals surface area contributed by atoms with Crippen LogP contribution in [-0.2, 0) is 4.79 Å². The molecule has 1 fully saturated rings. The first kappa shape index (κ1) is 20.8. The smallest absolute Gasteiger partial charge is 0.244 e. The Morgan fingerprint density at radius 1 is 1.14 bits per heavy atom. The Bertz CT molecular complexity index is 840. The highest BCUT2D eigenvalue weighted by Crippen LogP contribution is 2.25. The van der Waals surface area contributed by atoms with Gasteiger partial charge in [0.25, 0.3) is 0 Å². The number of piperidine rings is 1. The molecule has 0 aromatic heterocycles. The third kappa shape index (κ3) is 5.52. The van der Waals surface area contributed by atoms with Gasteiger partial charge in [0.2, 0.25) is 5.91 Å². The maximum absolute atomic E-state index is 12.2. The van der Waals surface area contributed by atoms with Crippen molar-refractivity contribution in [1.82, 2.24) is 5.32 Å². The fraction of sp³-hybridized carbons (Fsp3) is 0.348. The van der Waals surface area contributed by atoms with Gasteiger partial charge in [-0.05, 0) is 67.2 Å². The zero-order valence-electron chi connectivity index (χ0n) is 16.3. The van der Waals surface area contributed by atoms with Crippen LogP contribution in [0, 0.1) is 5.92 Å². The normalized spacial score (nSPS) is 16.4. The SMILES string of the molecule is CC1CCN(c2ccc(C(C)NC(=O)/C=C/c3ccc(Cl)cc3Cl)cc2)CC1. The van der Waals surface area contributed by atoms with Crippen LogP contribution in [0.5, 0.6) is 0 Å². The van der Waals surface area contributed by atoms with Gasteiger partial charge in [-0.15, -0.1) is 0 Å². The van der Waals surface area contributed by atoms with Crippen molar-refractivity contribution in [2.75, 3.05) is 18.0 Å². The van der Waals surface area contributed by atoms with E-state index in [4.69, 9.17) is 23.2 Å². The van der Waals surface area contributed by atoms with E-state index in [-0.39, 0.29) is 11.9 Å². The molecular formula is C23H26Cl2N2O. The molecule has 1 aliphatic rings. The summed E-state index contributed by atoms with van der Waals surface area (Å²) in [5.41, 5.74) is 3.10. The van der Waals surface area contributed by atoms with Gasteiger partial charge in [-0.1, -0.05) is 48.3 Å². The van der Waals surface area contributed by atoms with Gasteiger partial charge in [0.15, 0.2) is 0 Å². The molecule has 1 saturated heterocycles. The van der Waals surface area contributed by atoms with E-state index in [1.807, 2.05) is 6.92 Å². The minimum Gasteiger partial charge on any atom is -0.372 e.